The quantitative estimate of drug-likeness (QED) is 0.332. The van der Waals surface area contributed by atoms with Gasteiger partial charge in [-0.1, -0.05) is 35.9 Å². The molecule has 5 aromatic rings. The number of carbonyl (C=O) groups excluding carboxylic acids is 2. The number of aryl methyl sites for hydroxylation is 3. The molecule has 0 fully saturated rings. The van der Waals surface area contributed by atoms with Gasteiger partial charge in [-0.15, -0.1) is 0 Å². The molecule has 0 radical (unpaired) electrons. The largest absolute Gasteiger partial charge is 0.383 e. The van der Waals surface area contributed by atoms with Crippen molar-refractivity contribution in [3.8, 4) is 0 Å². The summed E-state index contributed by atoms with van der Waals surface area (Å²) in [5, 5.41) is 4.19. The molecular formula is C29H29N5O2. The van der Waals surface area contributed by atoms with E-state index < -0.39 is 0 Å². The predicted octanol–water partition coefficient (Wildman–Crippen LogP) is 4.86. The van der Waals surface area contributed by atoms with Crippen molar-refractivity contribution >= 4 is 39.2 Å². The second-order valence-electron chi connectivity index (χ2n) is 8.35. The number of hydrogen-bond donors (Lipinski definition) is 3. The fraction of sp³-hybridized carbons (Fsp3) is 0.103. The predicted molar refractivity (Wildman–Crippen MR) is 146 cm³/mol. The monoisotopic (exact) mass is 479 g/mol. The van der Waals surface area contributed by atoms with Crippen LogP contribution in [-0.4, -0.2) is 21.8 Å². The zero-order valence-corrected chi connectivity index (χ0v) is 20.5. The number of carbonyl (C=O) groups is 2. The van der Waals surface area contributed by atoms with E-state index in [-0.39, 0.29) is 11.8 Å². The Morgan fingerprint density at radius 2 is 1.39 bits per heavy atom. The van der Waals surface area contributed by atoms with E-state index in [1.165, 1.54) is 5.56 Å². The van der Waals surface area contributed by atoms with Crippen molar-refractivity contribution in [2.45, 2.75) is 20.8 Å². The standard InChI is InChI=1S/C11H10N2O.C10H10N2.C8H9NO/c1-7-4-9-6-13-3-2-8(9)5-10(7)11(12)14;1-7-2-3-8-4-5-12-10(11)9(8)6-7;1-6-4-2-3-5-7(6)8(9)10/h2-6H,1H3,(H2,12,14);2-6H,1H3,(H2,11,12);2-5H,1H3,(H2,9,10). The van der Waals surface area contributed by atoms with Crippen LogP contribution in [0, 0.1) is 20.8 Å². The van der Waals surface area contributed by atoms with Crippen LogP contribution in [0.3, 0.4) is 0 Å². The first-order valence-electron chi connectivity index (χ1n) is 11.3. The Balaban J connectivity index is 0.000000153. The van der Waals surface area contributed by atoms with Gasteiger partial charge in [0.2, 0.25) is 11.8 Å². The SMILES string of the molecule is Cc1cc2cnccc2cc1C(N)=O.Cc1ccc2ccnc(N)c2c1.Cc1ccccc1C(N)=O. The first kappa shape index (κ1) is 25.8. The Bertz CT molecular complexity index is 1550. The fourth-order valence-electron chi connectivity index (χ4n) is 3.67. The smallest absolute Gasteiger partial charge is 0.248 e. The Hall–Kier alpha value is -4.78. The highest BCUT2D eigenvalue weighted by molar-refractivity contribution is 5.99. The maximum atomic E-state index is 11.1. The number of amides is 2. The van der Waals surface area contributed by atoms with Gasteiger partial charge in [0, 0.05) is 40.5 Å². The average Bonchev–Trinajstić information content (AvgIpc) is 2.85. The Morgan fingerprint density at radius 3 is 2.06 bits per heavy atom. The molecule has 6 N–H and O–H groups in total. The van der Waals surface area contributed by atoms with Gasteiger partial charge in [-0.2, -0.15) is 0 Å². The molecule has 2 heterocycles. The summed E-state index contributed by atoms with van der Waals surface area (Å²) < 4.78 is 0. The van der Waals surface area contributed by atoms with Gasteiger partial charge < -0.3 is 17.2 Å². The van der Waals surface area contributed by atoms with Crippen molar-refractivity contribution in [2.24, 2.45) is 11.5 Å². The second-order valence-corrected chi connectivity index (χ2v) is 8.35. The number of fused-ring (bicyclic) bond motifs is 2. The van der Waals surface area contributed by atoms with Crippen LogP contribution in [0.4, 0.5) is 5.82 Å². The maximum absolute atomic E-state index is 11.1. The van der Waals surface area contributed by atoms with E-state index in [0.717, 1.165) is 32.7 Å². The minimum absolute atomic E-state index is 0.363. The minimum atomic E-state index is -0.388. The summed E-state index contributed by atoms with van der Waals surface area (Å²) in [7, 11) is 0. The van der Waals surface area contributed by atoms with Crippen LogP contribution < -0.4 is 17.2 Å². The summed E-state index contributed by atoms with van der Waals surface area (Å²) in [6.07, 6.45) is 5.20. The molecule has 7 nitrogen and oxygen atoms in total. The highest BCUT2D eigenvalue weighted by Crippen LogP contribution is 2.19. The third kappa shape index (κ3) is 6.42. The van der Waals surface area contributed by atoms with E-state index in [4.69, 9.17) is 17.2 Å². The van der Waals surface area contributed by atoms with Crippen molar-refractivity contribution in [3.05, 3.63) is 113 Å². The van der Waals surface area contributed by atoms with Crippen LogP contribution in [0.1, 0.15) is 37.4 Å². The van der Waals surface area contributed by atoms with Gasteiger partial charge in [0.1, 0.15) is 5.82 Å². The zero-order chi connectivity index (χ0) is 26.2. The summed E-state index contributed by atoms with van der Waals surface area (Å²) in [5.74, 6) is -0.143. The van der Waals surface area contributed by atoms with E-state index in [2.05, 4.69) is 28.2 Å². The lowest BCUT2D eigenvalue weighted by atomic mass is 10.0. The first-order chi connectivity index (χ1) is 17.2. The third-order valence-electron chi connectivity index (χ3n) is 5.61. The molecule has 0 saturated carbocycles. The maximum Gasteiger partial charge on any atom is 0.248 e. The first-order valence-corrected chi connectivity index (χ1v) is 11.3. The molecule has 3 aromatic carbocycles. The zero-order valence-electron chi connectivity index (χ0n) is 20.5. The fourth-order valence-corrected chi connectivity index (χ4v) is 3.67. The normalized spacial score (nSPS) is 10.1. The molecule has 0 spiro atoms. The van der Waals surface area contributed by atoms with E-state index in [9.17, 15) is 9.59 Å². The molecule has 0 unspecified atom stereocenters. The molecule has 5 rings (SSSR count). The Morgan fingerprint density at radius 1 is 0.694 bits per heavy atom. The summed E-state index contributed by atoms with van der Waals surface area (Å²) in [4.78, 5) is 29.8. The number of anilines is 1. The Labute approximate surface area is 210 Å². The van der Waals surface area contributed by atoms with Gasteiger partial charge in [0.25, 0.3) is 0 Å². The highest BCUT2D eigenvalue weighted by Gasteiger charge is 2.06. The molecule has 182 valence electrons. The Kier molecular flexibility index (Phi) is 8.30. The number of primary amides is 2. The minimum Gasteiger partial charge on any atom is -0.383 e. The average molecular weight is 480 g/mol. The number of nitrogens with two attached hydrogens (primary N) is 3. The van der Waals surface area contributed by atoms with Gasteiger partial charge in [-0.3, -0.25) is 14.6 Å². The van der Waals surface area contributed by atoms with Crippen molar-refractivity contribution in [3.63, 3.8) is 0 Å². The van der Waals surface area contributed by atoms with E-state index in [1.54, 1.807) is 36.8 Å². The molecule has 2 aromatic heterocycles. The van der Waals surface area contributed by atoms with Crippen LogP contribution in [0.15, 0.2) is 85.3 Å². The number of rotatable bonds is 2. The van der Waals surface area contributed by atoms with Gasteiger partial charge in [0.05, 0.1) is 0 Å². The summed E-state index contributed by atoms with van der Waals surface area (Å²) in [5.41, 5.74) is 20.2. The summed E-state index contributed by atoms with van der Waals surface area (Å²) in [6, 6.07) is 21.0. The van der Waals surface area contributed by atoms with Crippen LogP contribution in [0.2, 0.25) is 0 Å². The van der Waals surface area contributed by atoms with Crippen LogP contribution >= 0.6 is 0 Å². The van der Waals surface area contributed by atoms with E-state index in [1.807, 2.05) is 51.1 Å². The number of hydrogen-bond acceptors (Lipinski definition) is 5. The van der Waals surface area contributed by atoms with E-state index in [0.29, 0.717) is 16.9 Å². The molecule has 0 aliphatic heterocycles. The summed E-state index contributed by atoms with van der Waals surface area (Å²) in [6.45, 7) is 5.78. The lowest BCUT2D eigenvalue weighted by Gasteiger charge is -2.03. The molecular weight excluding hydrogens is 450 g/mol. The number of nitrogens with zero attached hydrogens (tertiary/aromatic N) is 2. The van der Waals surface area contributed by atoms with Gasteiger partial charge >= 0.3 is 0 Å². The van der Waals surface area contributed by atoms with Crippen molar-refractivity contribution < 1.29 is 9.59 Å². The number of aromatic nitrogens is 2. The molecule has 36 heavy (non-hydrogen) atoms. The van der Waals surface area contributed by atoms with Gasteiger partial charge in [-0.05, 0) is 79.1 Å². The van der Waals surface area contributed by atoms with Crippen molar-refractivity contribution in [2.75, 3.05) is 5.73 Å². The van der Waals surface area contributed by atoms with Crippen LogP contribution in [0.25, 0.3) is 21.5 Å². The summed E-state index contributed by atoms with van der Waals surface area (Å²) >= 11 is 0. The highest BCUT2D eigenvalue weighted by atomic mass is 16.1. The van der Waals surface area contributed by atoms with Crippen LogP contribution in [-0.2, 0) is 0 Å². The lowest BCUT2D eigenvalue weighted by molar-refractivity contribution is 0.0991. The van der Waals surface area contributed by atoms with Crippen molar-refractivity contribution in [1.29, 1.82) is 0 Å². The molecule has 2 amide bonds. The molecule has 0 bridgehead atoms. The van der Waals surface area contributed by atoms with Gasteiger partial charge in [-0.25, -0.2) is 4.98 Å². The lowest BCUT2D eigenvalue weighted by Crippen LogP contribution is -2.12. The molecule has 0 atom stereocenters. The number of benzene rings is 3. The van der Waals surface area contributed by atoms with Crippen molar-refractivity contribution in [1.82, 2.24) is 9.97 Å². The number of pyridine rings is 2. The topological polar surface area (TPSA) is 138 Å². The molecule has 7 heteroatoms. The second kappa shape index (κ2) is 11.6. The third-order valence-corrected chi connectivity index (χ3v) is 5.61. The van der Waals surface area contributed by atoms with Gasteiger partial charge in [0.15, 0.2) is 0 Å². The molecule has 0 aliphatic carbocycles. The van der Waals surface area contributed by atoms with Crippen LogP contribution in [0.5, 0.6) is 0 Å². The van der Waals surface area contributed by atoms with E-state index >= 15 is 0 Å². The molecule has 0 aliphatic rings. The molecule has 0 saturated heterocycles. The number of nitrogen functional groups attached to an aromatic ring is 1.